The lowest BCUT2D eigenvalue weighted by atomic mass is 10.1. The minimum atomic E-state index is -1.45. The van der Waals surface area contributed by atoms with Gasteiger partial charge in [-0.05, 0) is 30.7 Å². The maximum atomic E-state index is 13.7. The van der Waals surface area contributed by atoms with Crippen LogP contribution in [-0.2, 0) is 9.59 Å². The van der Waals surface area contributed by atoms with E-state index < -0.39 is 41.5 Å². The Morgan fingerprint density at radius 3 is 2.45 bits per heavy atom. The number of nitrogens with one attached hydrogen (secondary N) is 2. The highest BCUT2D eigenvalue weighted by Crippen LogP contribution is 2.45. The molecule has 12 heteroatoms. The molecule has 49 heavy (non-hydrogen) atoms. The third kappa shape index (κ3) is 6.94. The molecule has 2 heterocycles. The van der Waals surface area contributed by atoms with Crippen molar-refractivity contribution in [2.24, 2.45) is 5.92 Å². The van der Waals surface area contributed by atoms with E-state index in [4.69, 9.17) is 23.9 Å². The van der Waals surface area contributed by atoms with Gasteiger partial charge in [-0.15, -0.1) is 6.58 Å². The monoisotopic (exact) mass is 666 g/mol. The zero-order valence-corrected chi connectivity index (χ0v) is 27.3. The molecule has 1 saturated carbocycles. The fourth-order valence-electron chi connectivity index (χ4n) is 6.17. The van der Waals surface area contributed by atoms with E-state index in [1.54, 1.807) is 26.4 Å². The molecule has 0 bridgehead atoms. The number of carboxylic acid groups (broad SMARTS) is 1. The van der Waals surface area contributed by atoms with Gasteiger partial charge >= 0.3 is 12.0 Å². The van der Waals surface area contributed by atoms with Gasteiger partial charge in [0, 0.05) is 35.4 Å². The number of hydrogen-bond acceptors (Lipinski definition) is 8. The van der Waals surface area contributed by atoms with Crippen molar-refractivity contribution < 1.29 is 38.4 Å². The van der Waals surface area contributed by atoms with E-state index >= 15 is 0 Å². The molecule has 1 aliphatic heterocycles. The second-order valence-electron chi connectivity index (χ2n) is 11.9. The van der Waals surface area contributed by atoms with Crippen LogP contribution in [0, 0.1) is 5.92 Å². The molecule has 2 fully saturated rings. The van der Waals surface area contributed by atoms with Crippen LogP contribution in [0.25, 0.3) is 22.2 Å². The molecule has 254 valence electrons. The Morgan fingerprint density at radius 2 is 1.76 bits per heavy atom. The SMILES string of the molecule is C=CC1C[C@]1(NC(=O)[C@@H]1C[C@@H](Oc2cc(-c3ccccc3)nc3cc(OC)ccc23)CN1C(=O)NCCOc1ccccc1OC)C(=O)O. The molecule has 3 amide bonds. The van der Waals surface area contributed by atoms with Gasteiger partial charge in [0.2, 0.25) is 5.91 Å². The first kappa shape index (κ1) is 33.1. The van der Waals surface area contributed by atoms with E-state index in [1.807, 2.05) is 66.7 Å². The van der Waals surface area contributed by atoms with E-state index in [1.165, 1.54) is 11.0 Å². The molecule has 4 atom stereocenters. The number of hydrogen-bond donors (Lipinski definition) is 3. The number of carbonyl (C=O) groups is 3. The summed E-state index contributed by atoms with van der Waals surface area (Å²) < 4.78 is 23.1. The van der Waals surface area contributed by atoms with Crippen molar-refractivity contribution in [3.05, 3.63) is 91.5 Å². The Labute approximate surface area is 283 Å². The molecule has 6 rings (SSSR count). The molecule has 3 N–H and O–H groups in total. The number of amides is 3. The number of aromatic nitrogens is 1. The highest BCUT2D eigenvalue weighted by atomic mass is 16.5. The lowest BCUT2D eigenvalue weighted by Gasteiger charge is -2.25. The molecular weight excluding hydrogens is 628 g/mol. The van der Waals surface area contributed by atoms with Crippen LogP contribution in [-0.4, -0.2) is 84.5 Å². The Kier molecular flexibility index (Phi) is 9.56. The van der Waals surface area contributed by atoms with Crippen LogP contribution in [0.5, 0.6) is 23.0 Å². The summed E-state index contributed by atoms with van der Waals surface area (Å²) in [5.74, 6) is 0.126. The number of ether oxygens (including phenoxy) is 4. The summed E-state index contributed by atoms with van der Waals surface area (Å²) in [5.41, 5.74) is 0.770. The standard InChI is InChI=1S/C37H38N4O8/c1-4-24-21-37(24,35(43)44)40-34(42)30-19-26(22-41(30)36(45)38-16-17-48-32-13-9-8-12-31(32)47-3)49-33-20-28(23-10-6-5-7-11-23)39-29-18-25(46-2)14-15-27(29)33/h4-15,18,20,24,26,30H,1,16-17,19,21-22H2,2-3H3,(H,38,45)(H,40,42)(H,43,44)/t24?,26-,30+,37-/m1/s1. The summed E-state index contributed by atoms with van der Waals surface area (Å²) in [4.78, 5) is 45.7. The normalized spacial score (nSPS) is 21.0. The Morgan fingerprint density at radius 1 is 1.00 bits per heavy atom. The first-order chi connectivity index (χ1) is 23.8. The van der Waals surface area contributed by atoms with Crippen molar-refractivity contribution >= 4 is 28.8 Å². The van der Waals surface area contributed by atoms with Crippen LogP contribution in [0.3, 0.4) is 0 Å². The van der Waals surface area contributed by atoms with Crippen molar-refractivity contribution in [1.82, 2.24) is 20.5 Å². The first-order valence-electron chi connectivity index (χ1n) is 16.0. The fraction of sp³-hybridized carbons (Fsp3) is 0.297. The molecule has 1 aliphatic carbocycles. The number of methoxy groups -OCH3 is 2. The van der Waals surface area contributed by atoms with E-state index in [9.17, 15) is 19.5 Å². The summed E-state index contributed by atoms with van der Waals surface area (Å²) in [6.07, 6.45) is 1.28. The minimum absolute atomic E-state index is 0.0723. The highest BCUT2D eigenvalue weighted by Gasteiger charge is 2.61. The number of likely N-dealkylation sites (tertiary alicyclic amines) is 1. The number of urea groups is 1. The molecule has 1 unspecified atom stereocenters. The molecule has 1 saturated heterocycles. The van der Waals surface area contributed by atoms with Crippen LogP contribution < -0.4 is 29.6 Å². The summed E-state index contributed by atoms with van der Waals surface area (Å²) in [6.45, 7) is 4.07. The van der Waals surface area contributed by atoms with E-state index in [0.717, 1.165) is 10.9 Å². The van der Waals surface area contributed by atoms with Gasteiger partial charge in [0.25, 0.3) is 0 Å². The summed E-state index contributed by atoms with van der Waals surface area (Å²) >= 11 is 0. The number of fused-ring (bicyclic) bond motifs is 1. The fourth-order valence-corrected chi connectivity index (χ4v) is 6.17. The van der Waals surface area contributed by atoms with Crippen molar-refractivity contribution in [3.63, 3.8) is 0 Å². The van der Waals surface area contributed by atoms with Crippen LogP contribution in [0.2, 0.25) is 0 Å². The molecular formula is C37H38N4O8. The molecule has 3 aromatic carbocycles. The average molecular weight is 667 g/mol. The second kappa shape index (κ2) is 14.1. The molecule has 12 nitrogen and oxygen atoms in total. The van der Waals surface area contributed by atoms with Gasteiger partial charge in [0.1, 0.15) is 35.8 Å². The molecule has 1 aromatic heterocycles. The van der Waals surface area contributed by atoms with Crippen molar-refractivity contribution in [3.8, 4) is 34.3 Å². The van der Waals surface area contributed by atoms with E-state index in [2.05, 4.69) is 17.2 Å². The van der Waals surface area contributed by atoms with Gasteiger partial charge in [-0.3, -0.25) is 4.79 Å². The molecule has 0 radical (unpaired) electrons. The Balaban J connectivity index is 1.23. The Bertz CT molecular complexity index is 1870. The van der Waals surface area contributed by atoms with Crippen LogP contribution in [0.4, 0.5) is 4.79 Å². The third-order valence-corrected chi connectivity index (χ3v) is 8.90. The predicted molar refractivity (Wildman–Crippen MR) is 182 cm³/mol. The number of benzene rings is 3. The lowest BCUT2D eigenvalue weighted by Crippen LogP contribution is -2.54. The number of para-hydroxylation sites is 2. The van der Waals surface area contributed by atoms with Crippen molar-refractivity contribution in [1.29, 1.82) is 0 Å². The Hall–Kier alpha value is -5.78. The van der Waals surface area contributed by atoms with E-state index in [0.29, 0.717) is 34.2 Å². The largest absolute Gasteiger partial charge is 0.497 e. The number of nitrogens with zero attached hydrogens (tertiary/aromatic N) is 2. The summed E-state index contributed by atoms with van der Waals surface area (Å²) in [5, 5.41) is 16.2. The highest BCUT2D eigenvalue weighted by molar-refractivity contribution is 5.95. The number of rotatable bonds is 13. The van der Waals surface area contributed by atoms with Gasteiger partial charge in [0.15, 0.2) is 11.5 Å². The number of carboxylic acids is 1. The minimum Gasteiger partial charge on any atom is -0.497 e. The maximum Gasteiger partial charge on any atom is 0.330 e. The summed E-state index contributed by atoms with van der Waals surface area (Å²) in [6, 6.07) is 22.7. The number of aliphatic carboxylic acids is 1. The second-order valence-corrected chi connectivity index (χ2v) is 11.9. The van der Waals surface area contributed by atoms with Gasteiger partial charge < -0.3 is 39.6 Å². The van der Waals surface area contributed by atoms with Crippen molar-refractivity contribution in [2.75, 3.05) is 33.9 Å². The quantitative estimate of drug-likeness (QED) is 0.137. The predicted octanol–water partition coefficient (Wildman–Crippen LogP) is 4.67. The van der Waals surface area contributed by atoms with Crippen molar-refractivity contribution in [2.45, 2.75) is 30.5 Å². The molecule has 2 aliphatic rings. The summed E-state index contributed by atoms with van der Waals surface area (Å²) in [7, 11) is 3.13. The van der Waals surface area contributed by atoms with Crippen LogP contribution >= 0.6 is 0 Å². The zero-order chi connectivity index (χ0) is 34.5. The topological polar surface area (TPSA) is 149 Å². The lowest BCUT2D eigenvalue weighted by molar-refractivity contribution is -0.144. The van der Waals surface area contributed by atoms with Gasteiger partial charge in [-0.1, -0.05) is 48.5 Å². The maximum absolute atomic E-state index is 13.7. The average Bonchev–Trinajstić information content (AvgIpc) is 3.69. The van der Waals surface area contributed by atoms with Crippen LogP contribution in [0.1, 0.15) is 12.8 Å². The zero-order valence-electron chi connectivity index (χ0n) is 27.3. The smallest absolute Gasteiger partial charge is 0.330 e. The molecule has 4 aromatic rings. The number of carbonyl (C=O) groups excluding carboxylic acids is 2. The van der Waals surface area contributed by atoms with E-state index in [-0.39, 0.29) is 32.5 Å². The number of pyridine rings is 1. The van der Waals surface area contributed by atoms with Gasteiger partial charge in [-0.2, -0.15) is 0 Å². The van der Waals surface area contributed by atoms with Gasteiger partial charge in [0.05, 0.1) is 38.5 Å². The van der Waals surface area contributed by atoms with Gasteiger partial charge in [-0.25, -0.2) is 14.6 Å². The molecule has 0 spiro atoms. The van der Waals surface area contributed by atoms with Crippen LogP contribution in [0.15, 0.2) is 91.5 Å². The third-order valence-electron chi connectivity index (χ3n) is 8.90. The first-order valence-corrected chi connectivity index (χ1v) is 16.0.